The highest BCUT2D eigenvalue weighted by atomic mass is 79.9. The molecule has 1 aromatic rings. The molecule has 0 radical (unpaired) electrons. The topological polar surface area (TPSA) is 85.3 Å². The van der Waals surface area contributed by atoms with E-state index in [-0.39, 0.29) is 21.9 Å². The molecule has 1 unspecified atom stereocenters. The van der Waals surface area contributed by atoms with Crippen LogP contribution in [-0.4, -0.2) is 20.6 Å². The number of hydrogen-bond donors (Lipinski definition) is 2. The van der Waals surface area contributed by atoms with E-state index in [4.69, 9.17) is 10.2 Å². The second kappa shape index (κ2) is 5.81. The van der Waals surface area contributed by atoms with Crippen molar-refractivity contribution in [2.75, 3.05) is 0 Å². The molecule has 0 amide bonds. The summed E-state index contributed by atoms with van der Waals surface area (Å²) in [5, 5.41) is 0. The highest BCUT2D eigenvalue weighted by molar-refractivity contribution is 9.10. The van der Waals surface area contributed by atoms with Gasteiger partial charge in [-0.05, 0) is 22.9 Å². The molecule has 0 saturated heterocycles. The van der Waals surface area contributed by atoms with E-state index in [0.29, 0.717) is 0 Å². The van der Waals surface area contributed by atoms with E-state index in [1.807, 2.05) is 4.72 Å². The Morgan fingerprint density at radius 1 is 1.53 bits per heavy atom. The van der Waals surface area contributed by atoms with Crippen LogP contribution in [-0.2, 0) is 16.6 Å². The quantitative estimate of drug-likeness (QED) is 0.837. The lowest BCUT2D eigenvalue weighted by molar-refractivity contribution is -0.137. The summed E-state index contributed by atoms with van der Waals surface area (Å²) in [4.78, 5) is -0.276. The van der Waals surface area contributed by atoms with E-state index in [1.165, 1.54) is 0 Å². The molecule has 5 nitrogen and oxygen atoms in total. The standard InChI is InChI=1S/C9H12BrF3N2O3S/c1-5(3-9(11,12)13)15-19(16,17)7-2-6(4-14)18-8(7)10/h2,5,15H,3-4,14H2,1H3. The van der Waals surface area contributed by atoms with Crippen LogP contribution in [0.4, 0.5) is 13.2 Å². The van der Waals surface area contributed by atoms with Gasteiger partial charge in [0, 0.05) is 12.1 Å². The van der Waals surface area contributed by atoms with Crippen molar-refractivity contribution in [3.8, 4) is 0 Å². The van der Waals surface area contributed by atoms with E-state index in [9.17, 15) is 21.6 Å². The lowest BCUT2D eigenvalue weighted by Gasteiger charge is -2.15. The van der Waals surface area contributed by atoms with Gasteiger partial charge in [0.1, 0.15) is 10.7 Å². The van der Waals surface area contributed by atoms with Crippen molar-refractivity contribution < 1.29 is 26.0 Å². The predicted octanol–water partition coefficient (Wildman–Crippen LogP) is 2.12. The average Bonchev–Trinajstić information content (AvgIpc) is 2.56. The number of nitrogens with two attached hydrogens (primary N) is 1. The predicted molar refractivity (Wildman–Crippen MR) is 64.8 cm³/mol. The molecule has 10 heteroatoms. The molecular formula is C9H12BrF3N2O3S. The second-order valence-corrected chi connectivity index (χ2v) is 6.30. The molecule has 0 aromatic carbocycles. The third-order valence-electron chi connectivity index (χ3n) is 2.09. The first-order valence-electron chi connectivity index (χ1n) is 5.12. The minimum Gasteiger partial charge on any atom is -0.452 e. The fourth-order valence-electron chi connectivity index (χ4n) is 1.40. The zero-order valence-corrected chi connectivity index (χ0v) is 12.2. The first-order chi connectivity index (χ1) is 8.55. The molecule has 3 N–H and O–H groups in total. The van der Waals surface area contributed by atoms with Gasteiger partial charge >= 0.3 is 6.18 Å². The number of nitrogens with one attached hydrogen (secondary N) is 1. The molecule has 1 atom stereocenters. The van der Waals surface area contributed by atoms with Crippen molar-refractivity contribution in [2.24, 2.45) is 5.73 Å². The lowest BCUT2D eigenvalue weighted by Crippen LogP contribution is -2.35. The van der Waals surface area contributed by atoms with E-state index < -0.39 is 28.7 Å². The van der Waals surface area contributed by atoms with Crippen LogP contribution in [0.5, 0.6) is 0 Å². The minimum atomic E-state index is -4.45. The molecular weight excluding hydrogens is 353 g/mol. The van der Waals surface area contributed by atoms with Crippen molar-refractivity contribution in [3.63, 3.8) is 0 Å². The van der Waals surface area contributed by atoms with Crippen molar-refractivity contribution >= 4 is 26.0 Å². The van der Waals surface area contributed by atoms with E-state index in [2.05, 4.69) is 15.9 Å². The Hall–Kier alpha value is -0.580. The van der Waals surface area contributed by atoms with Gasteiger partial charge in [0.05, 0.1) is 13.0 Å². The molecule has 1 rings (SSSR count). The van der Waals surface area contributed by atoms with Gasteiger partial charge in [-0.25, -0.2) is 13.1 Å². The molecule has 0 aliphatic rings. The second-order valence-electron chi connectivity index (χ2n) is 3.90. The summed E-state index contributed by atoms with van der Waals surface area (Å²) in [6, 6.07) is -0.125. The van der Waals surface area contributed by atoms with Gasteiger partial charge in [-0.15, -0.1) is 0 Å². The van der Waals surface area contributed by atoms with Crippen LogP contribution in [0, 0.1) is 0 Å². The van der Waals surface area contributed by atoms with Crippen LogP contribution >= 0.6 is 15.9 Å². The molecule has 0 aliphatic carbocycles. The molecule has 19 heavy (non-hydrogen) atoms. The molecule has 0 spiro atoms. The Balaban J connectivity index is 2.89. The molecule has 0 saturated carbocycles. The fourth-order valence-corrected chi connectivity index (χ4v) is 3.64. The van der Waals surface area contributed by atoms with Crippen LogP contribution < -0.4 is 10.5 Å². The molecule has 0 fully saturated rings. The van der Waals surface area contributed by atoms with Gasteiger partial charge in [-0.2, -0.15) is 13.2 Å². The number of alkyl halides is 3. The van der Waals surface area contributed by atoms with E-state index >= 15 is 0 Å². The van der Waals surface area contributed by atoms with E-state index in [1.54, 1.807) is 0 Å². The van der Waals surface area contributed by atoms with Gasteiger partial charge in [0.15, 0.2) is 4.67 Å². The summed E-state index contributed by atoms with van der Waals surface area (Å²) in [5.41, 5.74) is 5.28. The number of sulfonamides is 1. The van der Waals surface area contributed by atoms with Gasteiger partial charge in [0.2, 0.25) is 10.0 Å². The lowest BCUT2D eigenvalue weighted by atomic mass is 10.2. The molecule has 0 bridgehead atoms. The smallest absolute Gasteiger partial charge is 0.390 e. The van der Waals surface area contributed by atoms with Crippen LogP contribution in [0.1, 0.15) is 19.1 Å². The van der Waals surface area contributed by atoms with Crippen LogP contribution in [0.3, 0.4) is 0 Å². The summed E-state index contributed by atoms with van der Waals surface area (Å²) in [5.74, 6) is 0.204. The van der Waals surface area contributed by atoms with Crippen molar-refractivity contribution in [1.82, 2.24) is 4.72 Å². The largest absolute Gasteiger partial charge is 0.452 e. The molecule has 110 valence electrons. The van der Waals surface area contributed by atoms with Crippen LogP contribution in [0.25, 0.3) is 0 Å². The van der Waals surface area contributed by atoms with Crippen molar-refractivity contribution in [3.05, 3.63) is 16.5 Å². The average molecular weight is 365 g/mol. The van der Waals surface area contributed by atoms with Crippen LogP contribution in [0.2, 0.25) is 0 Å². The molecule has 1 heterocycles. The third-order valence-corrected chi connectivity index (χ3v) is 4.54. The van der Waals surface area contributed by atoms with Crippen molar-refractivity contribution in [2.45, 2.75) is 37.0 Å². The Morgan fingerprint density at radius 3 is 2.53 bits per heavy atom. The maximum Gasteiger partial charge on any atom is 0.390 e. The highest BCUT2D eigenvalue weighted by Gasteiger charge is 2.33. The Morgan fingerprint density at radius 2 is 2.11 bits per heavy atom. The zero-order valence-electron chi connectivity index (χ0n) is 9.79. The first-order valence-corrected chi connectivity index (χ1v) is 7.40. The number of halogens is 4. The molecule has 1 aromatic heterocycles. The third kappa shape index (κ3) is 4.79. The van der Waals surface area contributed by atoms with Gasteiger partial charge < -0.3 is 10.2 Å². The van der Waals surface area contributed by atoms with Crippen LogP contribution in [0.15, 0.2) is 20.0 Å². The van der Waals surface area contributed by atoms with E-state index in [0.717, 1.165) is 13.0 Å². The molecule has 0 aliphatic heterocycles. The summed E-state index contributed by atoms with van der Waals surface area (Å²) in [7, 11) is -4.10. The monoisotopic (exact) mass is 364 g/mol. The summed E-state index contributed by atoms with van der Waals surface area (Å²) >= 11 is 2.88. The number of hydrogen-bond acceptors (Lipinski definition) is 4. The summed E-state index contributed by atoms with van der Waals surface area (Å²) in [6.45, 7) is 1.11. The zero-order chi connectivity index (χ0) is 14.8. The Labute approximate surface area is 116 Å². The van der Waals surface area contributed by atoms with Gasteiger partial charge in [-0.1, -0.05) is 0 Å². The first kappa shape index (κ1) is 16.5. The SMILES string of the molecule is CC(CC(F)(F)F)NS(=O)(=O)c1cc(CN)oc1Br. The summed E-state index contributed by atoms with van der Waals surface area (Å²) < 4.78 is 67.0. The number of rotatable bonds is 5. The minimum absolute atomic E-state index is 0.0216. The fraction of sp³-hybridized carbons (Fsp3) is 0.556. The number of furan rings is 1. The highest BCUT2D eigenvalue weighted by Crippen LogP contribution is 2.27. The normalized spacial score (nSPS) is 14.6. The maximum absolute atomic E-state index is 12.1. The summed E-state index contributed by atoms with van der Waals surface area (Å²) in [6.07, 6.45) is -5.70. The van der Waals surface area contributed by atoms with Gasteiger partial charge in [0.25, 0.3) is 0 Å². The maximum atomic E-state index is 12.1. The Bertz CT molecular complexity index is 541. The Kier molecular flexibility index (Phi) is 5.04. The van der Waals surface area contributed by atoms with Crippen molar-refractivity contribution in [1.29, 1.82) is 0 Å². The van der Waals surface area contributed by atoms with Gasteiger partial charge in [-0.3, -0.25) is 0 Å².